The van der Waals surface area contributed by atoms with Gasteiger partial charge in [-0.25, -0.2) is 0 Å². The van der Waals surface area contributed by atoms with Gasteiger partial charge < -0.3 is 24.4 Å². The van der Waals surface area contributed by atoms with Gasteiger partial charge in [0, 0.05) is 37.4 Å². The number of amides is 1. The highest BCUT2D eigenvalue weighted by atomic mass is 16.5. The molecule has 0 unspecified atom stereocenters. The minimum atomic E-state index is -0.500. The second-order valence-electron chi connectivity index (χ2n) is 9.39. The molecule has 5 rings (SSSR count). The average Bonchev–Trinajstić information content (AvgIpc) is 3.22. The van der Waals surface area contributed by atoms with E-state index < -0.39 is 6.10 Å². The Morgan fingerprint density at radius 3 is 2.47 bits per heavy atom. The molecule has 2 aromatic rings. The highest BCUT2D eigenvalue weighted by molar-refractivity contribution is 5.94. The zero-order chi connectivity index (χ0) is 22.1. The van der Waals surface area contributed by atoms with E-state index in [1.165, 1.54) is 0 Å². The first-order valence-corrected chi connectivity index (χ1v) is 11.7. The normalized spacial score (nSPS) is 27.8. The molecular formula is C26H32N2O4. The Kier molecular flexibility index (Phi) is 6.07. The van der Waals surface area contributed by atoms with Crippen LogP contribution in [0.2, 0.25) is 0 Å². The Morgan fingerprint density at radius 2 is 1.75 bits per heavy atom. The molecular weight excluding hydrogens is 404 g/mol. The Hall–Kier alpha value is -2.57. The van der Waals surface area contributed by atoms with E-state index in [0.717, 1.165) is 61.8 Å². The number of likely N-dealkylation sites (tertiary alicyclic amines) is 1. The van der Waals surface area contributed by atoms with Gasteiger partial charge in [0.25, 0.3) is 5.91 Å². The lowest BCUT2D eigenvalue weighted by molar-refractivity contribution is -0.0231. The first-order valence-electron chi connectivity index (χ1n) is 11.7. The van der Waals surface area contributed by atoms with Crippen molar-refractivity contribution in [2.45, 2.75) is 32.0 Å². The standard InChI is InChI=1S/C26H32N2O4/c1-18-3-2-4-23(13-18)32-25-15-21-17-28(16-20(21)14-24(25)29)26(30)19-5-7-22(8-6-19)27-9-11-31-12-10-27/h2-8,13,20-21,24-25,29H,9-12,14-17H2,1H3/t20-,21+,24+,25+/m0/s1. The third-order valence-corrected chi connectivity index (χ3v) is 7.14. The van der Waals surface area contributed by atoms with Crippen molar-refractivity contribution in [3.8, 4) is 5.75 Å². The largest absolute Gasteiger partial charge is 0.488 e. The van der Waals surface area contributed by atoms with E-state index in [1.807, 2.05) is 60.4 Å². The maximum atomic E-state index is 13.2. The summed E-state index contributed by atoms with van der Waals surface area (Å²) in [5.41, 5.74) is 3.01. The SMILES string of the molecule is Cc1cccc(O[C@@H]2C[C@@H]3CN(C(=O)c4ccc(N5CCOCC5)cc4)C[C@@H]3C[C@H]2O)c1. The molecule has 0 radical (unpaired) electrons. The van der Waals surface area contributed by atoms with Crippen LogP contribution in [0, 0.1) is 18.8 Å². The quantitative estimate of drug-likeness (QED) is 0.798. The summed E-state index contributed by atoms with van der Waals surface area (Å²) in [7, 11) is 0. The number of carbonyl (C=O) groups is 1. The van der Waals surface area contributed by atoms with Crippen LogP contribution in [0.15, 0.2) is 48.5 Å². The smallest absolute Gasteiger partial charge is 0.253 e. The molecule has 2 heterocycles. The van der Waals surface area contributed by atoms with Gasteiger partial charge in [-0.1, -0.05) is 12.1 Å². The maximum absolute atomic E-state index is 13.2. The van der Waals surface area contributed by atoms with Gasteiger partial charge >= 0.3 is 0 Å². The third-order valence-electron chi connectivity index (χ3n) is 7.14. The van der Waals surface area contributed by atoms with Crippen molar-refractivity contribution in [1.29, 1.82) is 0 Å². The van der Waals surface area contributed by atoms with E-state index >= 15 is 0 Å². The van der Waals surface area contributed by atoms with Crippen LogP contribution < -0.4 is 9.64 Å². The van der Waals surface area contributed by atoms with Gasteiger partial charge in [0.15, 0.2) is 0 Å². The van der Waals surface area contributed by atoms with Crippen molar-refractivity contribution < 1.29 is 19.4 Å². The number of anilines is 1. The molecule has 0 spiro atoms. The number of aliphatic hydroxyl groups is 1. The number of benzene rings is 2. The molecule has 6 nitrogen and oxygen atoms in total. The fraction of sp³-hybridized carbons (Fsp3) is 0.500. The molecule has 4 atom stereocenters. The molecule has 32 heavy (non-hydrogen) atoms. The van der Waals surface area contributed by atoms with Crippen LogP contribution in [0.25, 0.3) is 0 Å². The van der Waals surface area contributed by atoms with Crippen molar-refractivity contribution in [3.63, 3.8) is 0 Å². The van der Waals surface area contributed by atoms with Crippen LogP contribution in [-0.2, 0) is 4.74 Å². The van der Waals surface area contributed by atoms with Crippen molar-refractivity contribution in [2.75, 3.05) is 44.3 Å². The van der Waals surface area contributed by atoms with Crippen LogP contribution in [0.3, 0.4) is 0 Å². The van der Waals surface area contributed by atoms with Gasteiger partial charge in [0.2, 0.25) is 0 Å². The Labute approximate surface area is 189 Å². The molecule has 2 aliphatic heterocycles. The summed E-state index contributed by atoms with van der Waals surface area (Å²) in [6, 6.07) is 15.9. The van der Waals surface area contributed by atoms with E-state index in [1.54, 1.807) is 0 Å². The van der Waals surface area contributed by atoms with Gasteiger partial charge in [-0.2, -0.15) is 0 Å². The van der Waals surface area contributed by atoms with Gasteiger partial charge in [0.05, 0.1) is 19.3 Å². The Bertz CT molecular complexity index is 941. The molecule has 1 aliphatic carbocycles. The molecule has 3 aliphatic rings. The number of aliphatic hydroxyl groups excluding tert-OH is 1. The summed E-state index contributed by atoms with van der Waals surface area (Å²) in [6.45, 7) is 6.75. The number of morpholine rings is 1. The van der Waals surface area contributed by atoms with Gasteiger partial charge in [-0.05, 0) is 73.6 Å². The van der Waals surface area contributed by atoms with Crippen molar-refractivity contribution >= 4 is 11.6 Å². The topological polar surface area (TPSA) is 62.2 Å². The number of fused-ring (bicyclic) bond motifs is 1. The zero-order valence-electron chi connectivity index (χ0n) is 18.7. The Balaban J connectivity index is 1.21. The number of ether oxygens (including phenoxy) is 2. The molecule has 2 aromatic carbocycles. The average molecular weight is 437 g/mol. The molecule has 6 heteroatoms. The monoisotopic (exact) mass is 436 g/mol. The number of hydrogen-bond acceptors (Lipinski definition) is 5. The maximum Gasteiger partial charge on any atom is 0.253 e. The zero-order valence-corrected chi connectivity index (χ0v) is 18.7. The van der Waals surface area contributed by atoms with E-state index in [-0.39, 0.29) is 12.0 Å². The van der Waals surface area contributed by atoms with Crippen LogP contribution >= 0.6 is 0 Å². The lowest BCUT2D eigenvalue weighted by Crippen LogP contribution is -2.42. The first-order chi connectivity index (χ1) is 15.6. The van der Waals surface area contributed by atoms with E-state index in [0.29, 0.717) is 24.8 Å². The van der Waals surface area contributed by atoms with E-state index in [9.17, 15) is 9.90 Å². The third kappa shape index (κ3) is 4.48. The number of hydrogen-bond donors (Lipinski definition) is 1. The second-order valence-corrected chi connectivity index (χ2v) is 9.39. The van der Waals surface area contributed by atoms with Crippen molar-refractivity contribution in [1.82, 2.24) is 4.90 Å². The lowest BCUT2D eigenvalue weighted by Gasteiger charge is -2.35. The fourth-order valence-corrected chi connectivity index (χ4v) is 5.37. The van der Waals surface area contributed by atoms with Gasteiger partial charge in [-0.3, -0.25) is 4.79 Å². The molecule has 2 saturated heterocycles. The lowest BCUT2D eigenvalue weighted by atomic mass is 9.78. The molecule has 1 saturated carbocycles. The summed E-state index contributed by atoms with van der Waals surface area (Å²) in [5.74, 6) is 1.58. The minimum absolute atomic E-state index is 0.0820. The predicted molar refractivity (Wildman–Crippen MR) is 123 cm³/mol. The number of carbonyl (C=O) groups excluding carboxylic acids is 1. The van der Waals surface area contributed by atoms with Crippen LogP contribution in [0.5, 0.6) is 5.75 Å². The molecule has 170 valence electrons. The predicted octanol–water partition coefficient (Wildman–Crippen LogP) is 3.12. The van der Waals surface area contributed by atoms with Crippen molar-refractivity contribution in [2.24, 2.45) is 11.8 Å². The summed E-state index contributed by atoms with van der Waals surface area (Å²) >= 11 is 0. The van der Waals surface area contributed by atoms with Crippen LogP contribution in [0.4, 0.5) is 5.69 Å². The number of rotatable bonds is 4. The minimum Gasteiger partial charge on any atom is -0.488 e. The van der Waals surface area contributed by atoms with Crippen molar-refractivity contribution in [3.05, 3.63) is 59.7 Å². The van der Waals surface area contributed by atoms with Crippen LogP contribution in [0.1, 0.15) is 28.8 Å². The van der Waals surface area contributed by atoms with Gasteiger partial charge in [-0.15, -0.1) is 0 Å². The molecule has 3 fully saturated rings. The highest BCUT2D eigenvalue weighted by Gasteiger charge is 2.44. The summed E-state index contributed by atoms with van der Waals surface area (Å²) < 4.78 is 11.6. The fourth-order valence-electron chi connectivity index (χ4n) is 5.37. The summed E-state index contributed by atoms with van der Waals surface area (Å²) in [4.78, 5) is 17.4. The van der Waals surface area contributed by atoms with Gasteiger partial charge in [0.1, 0.15) is 11.9 Å². The van der Waals surface area contributed by atoms with Crippen LogP contribution in [-0.4, -0.2) is 67.5 Å². The highest BCUT2D eigenvalue weighted by Crippen LogP contribution is 2.38. The second kappa shape index (κ2) is 9.12. The van der Waals surface area contributed by atoms with E-state index in [4.69, 9.17) is 9.47 Å². The molecule has 0 aromatic heterocycles. The molecule has 0 bridgehead atoms. The molecule has 1 N–H and O–H groups in total. The first kappa shape index (κ1) is 21.3. The summed E-state index contributed by atoms with van der Waals surface area (Å²) in [6.07, 6.45) is 0.737. The molecule has 1 amide bonds. The number of nitrogens with zero attached hydrogens (tertiary/aromatic N) is 2. The Morgan fingerprint density at radius 1 is 1.03 bits per heavy atom. The summed E-state index contributed by atoms with van der Waals surface area (Å²) in [5, 5.41) is 10.7. The van der Waals surface area contributed by atoms with E-state index in [2.05, 4.69) is 4.90 Å². The number of aryl methyl sites for hydroxylation is 1.